The fraction of sp³-hybridized carbons (Fsp3) is 0.500. The number of anilines is 1. The summed E-state index contributed by atoms with van der Waals surface area (Å²) >= 11 is 3.64. The Morgan fingerprint density at radius 1 is 1.37 bits per heavy atom. The molecule has 2 heterocycles. The topological polar surface area (TPSA) is 70.4 Å². The predicted octanol–water partition coefficient (Wildman–Crippen LogP) is 2.66. The number of rotatable bonds is 6. The minimum absolute atomic E-state index is 0. The van der Waals surface area contributed by atoms with Crippen LogP contribution in [0, 0.1) is 0 Å². The van der Waals surface area contributed by atoms with E-state index in [0.717, 1.165) is 55.3 Å². The number of aromatic nitrogens is 3. The number of hydrogen-bond acceptors (Lipinski definition) is 4. The summed E-state index contributed by atoms with van der Waals surface area (Å²) in [5.74, 6) is 1.85. The van der Waals surface area contributed by atoms with Crippen LogP contribution in [0.15, 0.2) is 40.1 Å². The first kappa shape index (κ1) is 21.9. The van der Waals surface area contributed by atoms with Crippen molar-refractivity contribution in [1.82, 2.24) is 25.4 Å². The largest absolute Gasteiger partial charge is 0.368 e. The van der Waals surface area contributed by atoms with Gasteiger partial charge < -0.3 is 20.1 Å². The highest BCUT2D eigenvalue weighted by atomic mass is 127. The lowest BCUT2D eigenvalue weighted by Crippen LogP contribution is -2.45. The van der Waals surface area contributed by atoms with Crippen molar-refractivity contribution in [2.75, 3.05) is 31.6 Å². The van der Waals surface area contributed by atoms with Crippen molar-refractivity contribution in [1.29, 1.82) is 0 Å². The average Bonchev–Trinajstić information content (AvgIpc) is 3.30. The first-order valence-electron chi connectivity index (χ1n) is 9.04. The third-order valence-corrected chi connectivity index (χ3v) is 5.27. The van der Waals surface area contributed by atoms with Gasteiger partial charge in [-0.2, -0.15) is 0 Å². The van der Waals surface area contributed by atoms with E-state index < -0.39 is 0 Å². The van der Waals surface area contributed by atoms with Crippen molar-refractivity contribution in [2.45, 2.75) is 32.4 Å². The fourth-order valence-electron chi connectivity index (χ4n) is 3.23. The van der Waals surface area contributed by atoms with Crippen molar-refractivity contribution in [3.63, 3.8) is 0 Å². The lowest BCUT2D eigenvalue weighted by molar-refractivity contribution is 0.611. The van der Waals surface area contributed by atoms with Gasteiger partial charge >= 0.3 is 0 Å². The van der Waals surface area contributed by atoms with Gasteiger partial charge in [0.15, 0.2) is 5.96 Å². The van der Waals surface area contributed by atoms with E-state index in [2.05, 4.69) is 76.3 Å². The maximum Gasteiger partial charge on any atom is 0.191 e. The summed E-state index contributed by atoms with van der Waals surface area (Å²) in [6, 6.07) is 8.76. The van der Waals surface area contributed by atoms with Gasteiger partial charge in [0.05, 0.1) is 5.69 Å². The van der Waals surface area contributed by atoms with Crippen LogP contribution in [0.5, 0.6) is 0 Å². The summed E-state index contributed by atoms with van der Waals surface area (Å²) < 4.78 is 3.22. The van der Waals surface area contributed by atoms with Crippen LogP contribution in [0.1, 0.15) is 19.2 Å². The maximum atomic E-state index is 4.35. The Balaban J connectivity index is 0.00000261. The average molecular weight is 548 g/mol. The molecular formula is C18H27BrIN7. The number of aryl methyl sites for hydroxylation is 1. The number of benzene rings is 1. The molecular weight excluding hydrogens is 521 g/mol. The number of guanidine groups is 1. The second-order valence-corrected chi connectivity index (χ2v) is 7.17. The lowest BCUT2D eigenvalue weighted by Gasteiger charge is -2.21. The zero-order valence-corrected chi connectivity index (χ0v) is 19.6. The molecule has 0 amide bonds. The molecule has 1 saturated heterocycles. The molecule has 1 unspecified atom stereocenters. The van der Waals surface area contributed by atoms with E-state index in [1.165, 1.54) is 5.69 Å². The highest BCUT2D eigenvalue weighted by Gasteiger charge is 2.24. The molecule has 1 aliphatic heterocycles. The van der Waals surface area contributed by atoms with Crippen LogP contribution in [0.2, 0.25) is 0 Å². The third-order valence-electron chi connectivity index (χ3n) is 4.60. The number of hydrogen-bond donors (Lipinski definition) is 2. The number of aliphatic imine (C=N–C) groups is 1. The molecule has 1 aliphatic rings. The Bertz CT molecular complexity index is 749. The van der Waals surface area contributed by atoms with Crippen molar-refractivity contribution in [2.24, 2.45) is 4.99 Å². The second-order valence-electron chi connectivity index (χ2n) is 6.32. The number of nitrogens with one attached hydrogen (secondary N) is 2. The van der Waals surface area contributed by atoms with Crippen LogP contribution in [-0.4, -0.2) is 53.4 Å². The van der Waals surface area contributed by atoms with E-state index in [1.54, 1.807) is 6.33 Å². The Kier molecular flexibility index (Phi) is 8.81. The van der Waals surface area contributed by atoms with Crippen LogP contribution in [0.25, 0.3) is 0 Å². The van der Waals surface area contributed by atoms with Crippen molar-refractivity contribution in [3.8, 4) is 0 Å². The number of halogens is 2. The molecule has 2 aromatic rings. The van der Waals surface area contributed by atoms with Gasteiger partial charge in [0.2, 0.25) is 0 Å². The summed E-state index contributed by atoms with van der Waals surface area (Å²) in [6.07, 6.45) is 3.76. The predicted molar refractivity (Wildman–Crippen MR) is 124 cm³/mol. The summed E-state index contributed by atoms with van der Waals surface area (Å²) in [5, 5.41) is 15.0. The molecule has 1 aromatic carbocycles. The van der Waals surface area contributed by atoms with E-state index in [9.17, 15) is 0 Å². The molecule has 1 aromatic heterocycles. The monoisotopic (exact) mass is 547 g/mol. The molecule has 0 spiro atoms. The quantitative estimate of drug-likeness (QED) is 0.330. The zero-order valence-electron chi connectivity index (χ0n) is 15.7. The van der Waals surface area contributed by atoms with Gasteiger partial charge in [0.1, 0.15) is 12.2 Å². The van der Waals surface area contributed by atoms with Gasteiger partial charge in [-0.15, -0.1) is 34.2 Å². The van der Waals surface area contributed by atoms with Crippen LogP contribution in [0.3, 0.4) is 0 Å². The van der Waals surface area contributed by atoms with E-state index >= 15 is 0 Å². The van der Waals surface area contributed by atoms with Gasteiger partial charge in [-0.3, -0.25) is 4.99 Å². The van der Waals surface area contributed by atoms with E-state index in [0.29, 0.717) is 6.04 Å². The lowest BCUT2D eigenvalue weighted by atomic mass is 10.3. The summed E-state index contributed by atoms with van der Waals surface area (Å²) in [4.78, 5) is 6.76. The molecule has 0 aliphatic carbocycles. The Morgan fingerprint density at radius 2 is 2.19 bits per heavy atom. The first-order chi connectivity index (χ1) is 12.7. The first-order valence-corrected chi connectivity index (χ1v) is 9.84. The Labute approximate surface area is 186 Å². The van der Waals surface area contributed by atoms with Crippen LogP contribution in [-0.2, 0) is 13.0 Å². The molecule has 27 heavy (non-hydrogen) atoms. The highest BCUT2D eigenvalue weighted by Crippen LogP contribution is 2.28. The summed E-state index contributed by atoms with van der Waals surface area (Å²) in [6.45, 7) is 5.70. The second kappa shape index (κ2) is 10.8. The third kappa shape index (κ3) is 5.81. The van der Waals surface area contributed by atoms with Gasteiger partial charge in [-0.25, -0.2) is 0 Å². The maximum absolute atomic E-state index is 4.35. The standard InChI is InChI=1S/C18H26BrN7.HI/c1-3-17-24-22-13-26(17)11-9-21-18(20-2)23-14-8-10-25(12-14)16-7-5-4-6-15(16)19;/h4-7,13-14H,3,8-12H2,1-2H3,(H2,20,21,23);1H. The van der Waals surface area contributed by atoms with Crippen LogP contribution in [0.4, 0.5) is 5.69 Å². The number of para-hydroxylation sites is 1. The van der Waals surface area contributed by atoms with Gasteiger partial charge in [-0.05, 0) is 34.5 Å². The minimum atomic E-state index is 0. The molecule has 0 bridgehead atoms. The van der Waals surface area contributed by atoms with Crippen molar-refractivity contribution in [3.05, 3.63) is 40.9 Å². The van der Waals surface area contributed by atoms with Crippen LogP contribution < -0.4 is 15.5 Å². The van der Waals surface area contributed by atoms with E-state index in [1.807, 2.05) is 13.1 Å². The molecule has 148 valence electrons. The summed E-state index contributed by atoms with van der Waals surface area (Å²) in [5.41, 5.74) is 1.25. The molecule has 1 atom stereocenters. The molecule has 1 fully saturated rings. The molecule has 7 nitrogen and oxygen atoms in total. The molecule has 0 saturated carbocycles. The fourth-order valence-corrected chi connectivity index (χ4v) is 3.76. The van der Waals surface area contributed by atoms with Crippen molar-refractivity contribution >= 4 is 51.6 Å². The minimum Gasteiger partial charge on any atom is -0.368 e. The normalized spacial score (nSPS) is 16.9. The zero-order chi connectivity index (χ0) is 18.4. The van der Waals surface area contributed by atoms with Gasteiger partial charge in [-0.1, -0.05) is 19.1 Å². The van der Waals surface area contributed by atoms with E-state index in [-0.39, 0.29) is 24.0 Å². The summed E-state index contributed by atoms with van der Waals surface area (Å²) in [7, 11) is 1.81. The van der Waals surface area contributed by atoms with Crippen molar-refractivity contribution < 1.29 is 0 Å². The van der Waals surface area contributed by atoms with Gasteiger partial charge in [0.25, 0.3) is 0 Å². The Morgan fingerprint density at radius 3 is 2.93 bits per heavy atom. The Hall–Kier alpha value is -1.36. The molecule has 2 N–H and O–H groups in total. The molecule has 9 heteroatoms. The SMILES string of the molecule is CCc1nncn1CCNC(=NC)NC1CCN(c2ccccc2Br)C1.I. The van der Waals surface area contributed by atoms with Crippen LogP contribution >= 0.6 is 39.9 Å². The van der Waals surface area contributed by atoms with Gasteiger partial charge in [0, 0.05) is 50.2 Å². The van der Waals surface area contributed by atoms with E-state index in [4.69, 9.17) is 0 Å². The number of nitrogens with zero attached hydrogens (tertiary/aromatic N) is 5. The highest BCUT2D eigenvalue weighted by molar-refractivity contribution is 14.0. The smallest absolute Gasteiger partial charge is 0.191 e. The molecule has 0 radical (unpaired) electrons. The molecule has 3 rings (SSSR count).